The Morgan fingerprint density at radius 1 is 1.20 bits per heavy atom. The number of sulfonamides is 1. The summed E-state index contributed by atoms with van der Waals surface area (Å²) in [6.45, 7) is 2.00. The van der Waals surface area contributed by atoms with E-state index in [1.54, 1.807) is 37.3 Å². The van der Waals surface area contributed by atoms with Crippen LogP contribution in [0, 0.1) is 6.92 Å². The second kappa shape index (κ2) is 8.12. The van der Waals surface area contributed by atoms with Gasteiger partial charge < -0.3 is 9.84 Å². The van der Waals surface area contributed by atoms with E-state index in [4.69, 9.17) is 16.1 Å². The summed E-state index contributed by atoms with van der Waals surface area (Å²) in [6.07, 6.45) is 0.683. The predicted molar refractivity (Wildman–Crippen MR) is 115 cm³/mol. The van der Waals surface area contributed by atoms with Gasteiger partial charge in [0.1, 0.15) is 17.0 Å². The number of rotatable bonds is 6. The second-order valence-corrected chi connectivity index (χ2v) is 9.39. The number of carbonyl (C=O) groups excluding carboxylic acids is 1. The van der Waals surface area contributed by atoms with Crippen LogP contribution < -0.4 is 9.62 Å². The average molecular weight is 446 g/mol. The van der Waals surface area contributed by atoms with Crippen molar-refractivity contribution in [1.29, 1.82) is 0 Å². The lowest BCUT2D eigenvalue weighted by atomic mass is 10.1. The van der Waals surface area contributed by atoms with Crippen LogP contribution in [0.2, 0.25) is 5.02 Å². The SMILES string of the molecule is Cc1onc(-c2ccccc2Cl)c1C(=O)NCCS(=O)(=O)N1CCc2ccccc21. The zero-order chi connectivity index (χ0) is 21.3. The van der Waals surface area contributed by atoms with Crippen molar-refractivity contribution >= 4 is 33.2 Å². The molecule has 0 aliphatic carbocycles. The molecule has 7 nitrogen and oxygen atoms in total. The molecule has 30 heavy (non-hydrogen) atoms. The van der Waals surface area contributed by atoms with Crippen molar-refractivity contribution in [2.24, 2.45) is 0 Å². The minimum atomic E-state index is -3.56. The molecule has 0 unspecified atom stereocenters. The topological polar surface area (TPSA) is 92.5 Å². The first-order valence-corrected chi connectivity index (χ1v) is 11.4. The molecule has 0 bridgehead atoms. The van der Waals surface area contributed by atoms with Gasteiger partial charge in [-0.05, 0) is 31.0 Å². The molecular weight excluding hydrogens is 426 g/mol. The molecule has 0 fully saturated rings. The van der Waals surface area contributed by atoms with E-state index >= 15 is 0 Å². The minimum Gasteiger partial charge on any atom is -0.360 e. The van der Waals surface area contributed by atoms with E-state index in [9.17, 15) is 13.2 Å². The van der Waals surface area contributed by atoms with Crippen LogP contribution in [-0.2, 0) is 16.4 Å². The third-order valence-corrected chi connectivity index (χ3v) is 7.15. The van der Waals surface area contributed by atoms with Gasteiger partial charge >= 0.3 is 0 Å². The number of fused-ring (bicyclic) bond motifs is 1. The third kappa shape index (κ3) is 3.80. The van der Waals surface area contributed by atoms with E-state index in [-0.39, 0.29) is 17.9 Å². The molecule has 3 aromatic rings. The van der Waals surface area contributed by atoms with Gasteiger partial charge in [0, 0.05) is 18.7 Å². The van der Waals surface area contributed by atoms with Crippen LogP contribution in [0.5, 0.6) is 0 Å². The van der Waals surface area contributed by atoms with Crippen molar-refractivity contribution in [3.05, 3.63) is 70.4 Å². The van der Waals surface area contributed by atoms with Gasteiger partial charge in [0.2, 0.25) is 10.0 Å². The fourth-order valence-corrected chi connectivity index (χ4v) is 5.22. The number of hydrogen-bond donors (Lipinski definition) is 1. The van der Waals surface area contributed by atoms with Crippen LogP contribution in [0.15, 0.2) is 53.1 Å². The summed E-state index contributed by atoms with van der Waals surface area (Å²) >= 11 is 6.22. The fraction of sp³-hybridized carbons (Fsp3) is 0.238. The van der Waals surface area contributed by atoms with Crippen LogP contribution in [0.3, 0.4) is 0 Å². The molecule has 2 aromatic carbocycles. The molecule has 1 aliphatic heterocycles. The summed E-state index contributed by atoms with van der Waals surface area (Å²) in [7, 11) is -3.56. The van der Waals surface area contributed by atoms with Crippen molar-refractivity contribution in [3.8, 4) is 11.3 Å². The van der Waals surface area contributed by atoms with Crippen LogP contribution in [-0.4, -0.2) is 38.3 Å². The molecule has 0 radical (unpaired) electrons. The van der Waals surface area contributed by atoms with Gasteiger partial charge in [-0.15, -0.1) is 0 Å². The number of para-hydroxylation sites is 1. The predicted octanol–water partition coefficient (Wildman–Crippen LogP) is 3.43. The Labute approximate surface area is 179 Å². The largest absolute Gasteiger partial charge is 0.360 e. The van der Waals surface area contributed by atoms with Gasteiger partial charge in [-0.1, -0.05) is 53.2 Å². The lowest BCUT2D eigenvalue weighted by Gasteiger charge is -2.19. The second-order valence-electron chi connectivity index (χ2n) is 6.96. The number of anilines is 1. The summed E-state index contributed by atoms with van der Waals surface area (Å²) in [5, 5.41) is 7.08. The lowest BCUT2D eigenvalue weighted by Crippen LogP contribution is -2.37. The summed E-state index contributed by atoms with van der Waals surface area (Å²) in [5.41, 5.74) is 2.86. The molecule has 0 atom stereocenters. The van der Waals surface area contributed by atoms with Gasteiger partial charge in [0.25, 0.3) is 5.91 Å². The number of halogens is 1. The maximum Gasteiger partial charge on any atom is 0.257 e. The molecule has 1 aliphatic rings. The van der Waals surface area contributed by atoms with Gasteiger partial charge in [-0.25, -0.2) is 8.42 Å². The fourth-order valence-electron chi connectivity index (χ4n) is 3.57. The summed E-state index contributed by atoms with van der Waals surface area (Å²) in [4.78, 5) is 12.8. The molecule has 1 amide bonds. The van der Waals surface area contributed by atoms with E-state index in [1.807, 2.05) is 18.2 Å². The maximum absolute atomic E-state index is 12.8. The minimum absolute atomic E-state index is 0.0353. The molecule has 156 valence electrons. The van der Waals surface area contributed by atoms with E-state index in [0.717, 1.165) is 5.56 Å². The van der Waals surface area contributed by atoms with E-state index in [1.165, 1.54) is 4.31 Å². The number of amides is 1. The molecule has 0 saturated carbocycles. The number of carbonyl (C=O) groups is 1. The standard InChI is InChI=1S/C21H20ClN3O4S/c1-14-19(20(24-29-14)16-7-3-4-8-17(16)22)21(26)23-11-13-30(27,28)25-12-10-15-6-2-5-9-18(15)25/h2-9H,10-13H2,1H3,(H,23,26). The highest BCUT2D eigenvalue weighted by atomic mass is 35.5. The van der Waals surface area contributed by atoms with Gasteiger partial charge in [0.15, 0.2) is 0 Å². The van der Waals surface area contributed by atoms with E-state index in [0.29, 0.717) is 40.7 Å². The zero-order valence-corrected chi connectivity index (χ0v) is 17.8. The Morgan fingerprint density at radius 2 is 1.93 bits per heavy atom. The summed E-state index contributed by atoms with van der Waals surface area (Å²) < 4.78 is 32.2. The first-order valence-electron chi connectivity index (χ1n) is 9.46. The highest BCUT2D eigenvalue weighted by molar-refractivity contribution is 7.92. The molecule has 1 N–H and O–H groups in total. The van der Waals surface area contributed by atoms with Crippen molar-refractivity contribution in [3.63, 3.8) is 0 Å². The van der Waals surface area contributed by atoms with Crippen LogP contribution in [0.1, 0.15) is 21.7 Å². The Kier molecular flexibility index (Phi) is 5.53. The summed E-state index contributed by atoms with van der Waals surface area (Å²) in [5.74, 6) is -0.335. The van der Waals surface area contributed by atoms with Crippen molar-refractivity contribution in [2.45, 2.75) is 13.3 Å². The number of hydrogen-bond acceptors (Lipinski definition) is 5. The van der Waals surface area contributed by atoms with Crippen LogP contribution in [0.25, 0.3) is 11.3 Å². The summed E-state index contributed by atoms with van der Waals surface area (Å²) in [6, 6.07) is 14.4. The smallest absolute Gasteiger partial charge is 0.257 e. The number of nitrogens with one attached hydrogen (secondary N) is 1. The number of aryl methyl sites for hydroxylation is 1. The normalized spacial score (nSPS) is 13.3. The first kappa shape index (κ1) is 20.4. The van der Waals surface area contributed by atoms with Gasteiger partial charge in [0.05, 0.1) is 16.5 Å². The molecule has 1 aromatic heterocycles. The number of benzene rings is 2. The molecule has 0 spiro atoms. The Balaban J connectivity index is 1.47. The van der Waals surface area contributed by atoms with E-state index in [2.05, 4.69) is 10.5 Å². The van der Waals surface area contributed by atoms with Crippen LogP contribution >= 0.6 is 11.6 Å². The van der Waals surface area contributed by atoms with Crippen molar-refractivity contribution in [1.82, 2.24) is 10.5 Å². The quantitative estimate of drug-likeness (QED) is 0.627. The zero-order valence-electron chi connectivity index (χ0n) is 16.3. The Bertz CT molecular complexity index is 1210. The average Bonchev–Trinajstić information content (AvgIpc) is 3.32. The Morgan fingerprint density at radius 3 is 2.73 bits per heavy atom. The lowest BCUT2D eigenvalue weighted by molar-refractivity contribution is 0.0955. The third-order valence-electron chi connectivity index (χ3n) is 5.04. The monoisotopic (exact) mass is 445 g/mol. The van der Waals surface area contributed by atoms with Gasteiger partial charge in [-0.3, -0.25) is 9.10 Å². The van der Waals surface area contributed by atoms with E-state index < -0.39 is 15.9 Å². The molecule has 0 saturated heterocycles. The highest BCUT2D eigenvalue weighted by Crippen LogP contribution is 2.31. The number of nitrogens with zero attached hydrogens (tertiary/aromatic N) is 2. The molecular formula is C21H20ClN3O4S. The first-order chi connectivity index (χ1) is 14.4. The van der Waals surface area contributed by atoms with Gasteiger partial charge in [-0.2, -0.15) is 0 Å². The molecule has 9 heteroatoms. The van der Waals surface area contributed by atoms with Crippen LogP contribution in [0.4, 0.5) is 5.69 Å². The number of aromatic nitrogens is 1. The highest BCUT2D eigenvalue weighted by Gasteiger charge is 2.29. The Hall–Kier alpha value is -2.84. The van der Waals surface area contributed by atoms with Crippen molar-refractivity contribution in [2.75, 3.05) is 23.1 Å². The molecule has 2 heterocycles. The van der Waals surface area contributed by atoms with Crippen molar-refractivity contribution < 1.29 is 17.7 Å². The molecule has 4 rings (SSSR count). The maximum atomic E-state index is 12.8.